The number of hydrogen-bond acceptors (Lipinski definition) is 1. The van der Waals surface area contributed by atoms with E-state index in [9.17, 15) is 0 Å². The van der Waals surface area contributed by atoms with Crippen LogP contribution in [-0.4, -0.2) is 18.0 Å². The van der Waals surface area contributed by atoms with Crippen LogP contribution in [0.5, 0.6) is 0 Å². The molecular weight excluding hydrogens is 250 g/mol. The fourth-order valence-corrected chi connectivity index (χ4v) is 2.81. The van der Waals surface area contributed by atoms with Crippen molar-refractivity contribution in [2.75, 3.05) is 13.1 Å². The zero-order valence-electron chi connectivity index (χ0n) is 8.88. The van der Waals surface area contributed by atoms with Crippen LogP contribution in [-0.2, 0) is 13.0 Å². The van der Waals surface area contributed by atoms with E-state index in [2.05, 4.69) is 39.0 Å². The van der Waals surface area contributed by atoms with Crippen LogP contribution in [0.2, 0.25) is 0 Å². The van der Waals surface area contributed by atoms with Gasteiger partial charge in [-0.15, -0.1) is 0 Å². The molecule has 0 N–H and O–H groups in total. The molecule has 1 heterocycles. The molecule has 0 spiro atoms. The van der Waals surface area contributed by atoms with E-state index in [4.69, 9.17) is 0 Å². The lowest BCUT2D eigenvalue weighted by Gasteiger charge is -2.28. The fourth-order valence-electron chi connectivity index (χ4n) is 2.41. The van der Waals surface area contributed by atoms with E-state index >= 15 is 0 Å². The highest BCUT2D eigenvalue weighted by molar-refractivity contribution is 9.10. The predicted molar refractivity (Wildman–Crippen MR) is 65.8 cm³/mol. The smallest absolute Gasteiger partial charge is 0.0237 e. The average molecular weight is 266 g/mol. The first-order valence-corrected chi connectivity index (χ1v) is 6.60. The summed E-state index contributed by atoms with van der Waals surface area (Å²) in [5, 5.41) is 0. The Kier molecular flexibility index (Phi) is 2.57. The maximum absolute atomic E-state index is 3.55. The Balaban J connectivity index is 1.75. The number of halogens is 1. The van der Waals surface area contributed by atoms with Gasteiger partial charge in [-0.2, -0.15) is 0 Å². The zero-order chi connectivity index (χ0) is 10.3. The van der Waals surface area contributed by atoms with E-state index in [1.807, 2.05) is 0 Å². The van der Waals surface area contributed by atoms with Gasteiger partial charge in [0.05, 0.1) is 0 Å². The molecule has 1 aromatic rings. The molecule has 1 aliphatic carbocycles. The Morgan fingerprint density at radius 3 is 2.93 bits per heavy atom. The quantitative estimate of drug-likeness (QED) is 0.794. The van der Waals surface area contributed by atoms with Gasteiger partial charge in [0.25, 0.3) is 0 Å². The highest BCUT2D eigenvalue weighted by Crippen LogP contribution is 2.31. The number of fused-ring (bicyclic) bond motifs is 1. The van der Waals surface area contributed by atoms with Crippen LogP contribution in [0, 0.1) is 5.92 Å². The van der Waals surface area contributed by atoms with Gasteiger partial charge < -0.3 is 0 Å². The summed E-state index contributed by atoms with van der Waals surface area (Å²) in [4.78, 5) is 2.62. The minimum absolute atomic E-state index is 1.01. The summed E-state index contributed by atoms with van der Waals surface area (Å²) in [7, 11) is 0. The van der Waals surface area contributed by atoms with Crippen molar-refractivity contribution in [3.63, 3.8) is 0 Å². The van der Waals surface area contributed by atoms with Crippen molar-refractivity contribution in [2.24, 2.45) is 5.92 Å². The van der Waals surface area contributed by atoms with E-state index in [0.717, 1.165) is 12.5 Å². The molecule has 1 saturated carbocycles. The molecule has 0 aromatic heterocycles. The predicted octanol–water partition coefficient (Wildman–Crippen LogP) is 3.22. The summed E-state index contributed by atoms with van der Waals surface area (Å²) in [6, 6.07) is 6.72. The summed E-state index contributed by atoms with van der Waals surface area (Å²) >= 11 is 3.55. The van der Waals surface area contributed by atoms with Gasteiger partial charge in [0.2, 0.25) is 0 Å². The van der Waals surface area contributed by atoms with Crippen LogP contribution in [0.4, 0.5) is 0 Å². The molecule has 1 nitrogen and oxygen atoms in total. The number of nitrogens with zero attached hydrogens (tertiary/aromatic N) is 1. The molecule has 0 saturated heterocycles. The normalized spacial score (nSPS) is 21.4. The lowest BCUT2D eigenvalue weighted by molar-refractivity contribution is 0.244. The van der Waals surface area contributed by atoms with Crippen LogP contribution in [0.25, 0.3) is 0 Å². The lowest BCUT2D eigenvalue weighted by Crippen LogP contribution is -2.32. The van der Waals surface area contributed by atoms with Gasteiger partial charge in [0, 0.05) is 24.1 Å². The monoisotopic (exact) mass is 265 g/mol. The van der Waals surface area contributed by atoms with Crippen molar-refractivity contribution < 1.29 is 0 Å². The van der Waals surface area contributed by atoms with Crippen molar-refractivity contribution in [2.45, 2.75) is 25.8 Å². The largest absolute Gasteiger partial charge is 0.298 e. The molecule has 0 radical (unpaired) electrons. The second-order valence-electron chi connectivity index (χ2n) is 4.84. The van der Waals surface area contributed by atoms with Crippen LogP contribution >= 0.6 is 15.9 Å². The van der Waals surface area contributed by atoms with Crippen LogP contribution in [0.15, 0.2) is 22.7 Å². The van der Waals surface area contributed by atoms with Crippen molar-refractivity contribution in [3.8, 4) is 0 Å². The van der Waals surface area contributed by atoms with Gasteiger partial charge in [0.1, 0.15) is 0 Å². The number of hydrogen-bond donors (Lipinski definition) is 0. The van der Waals surface area contributed by atoms with Gasteiger partial charge in [-0.05, 0) is 48.4 Å². The summed E-state index contributed by atoms with van der Waals surface area (Å²) in [5.41, 5.74) is 3.07. The summed E-state index contributed by atoms with van der Waals surface area (Å²) in [5.74, 6) is 1.01. The van der Waals surface area contributed by atoms with E-state index in [0.29, 0.717) is 0 Å². The van der Waals surface area contributed by atoms with Gasteiger partial charge in [-0.1, -0.05) is 22.0 Å². The SMILES string of the molecule is Brc1ccc2c(c1)CN(CC1CC1)CC2. The van der Waals surface area contributed by atoms with E-state index in [1.54, 1.807) is 5.56 Å². The topological polar surface area (TPSA) is 3.24 Å². The second-order valence-corrected chi connectivity index (χ2v) is 5.76. The molecule has 0 amide bonds. The Bertz CT molecular complexity index is 371. The summed E-state index contributed by atoms with van der Waals surface area (Å²) in [6.07, 6.45) is 4.15. The molecule has 15 heavy (non-hydrogen) atoms. The zero-order valence-corrected chi connectivity index (χ0v) is 10.5. The van der Waals surface area contributed by atoms with E-state index in [-0.39, 0.29) is 0 Å². The summed E-state index contributed by atoms with van der Waals surface area (Å²) < 4.78 is 1.22. The van der Waals surface area contributed by atoms with Crippen molar-refractivity contribution in [3.05, 3.63) is 33.8 Å². The van der Waals surface area contributed by atoms with Gasteiger partial charge in [-0.25, -0.2) is 0 Å². The first kappa shape index (κ1) is 9.86. The molecule has 0 unspecified atom stereocenters. The Labute approximate surface area is 99.6 Å². The molecule has 3 rings (SSSR count). The number of rotatable bonds is 2. The highest BCUT2D eigenvalue weighted by Gasteiger charge is 2.26. The third kappa shape index (κ3) is 2.26. The molecule has 1 aliphatic heterocycles. The minimum atomic E-state index is 1.01. The second kappa shape index (κ2) is 3.91. The molecule has 1 fully saturated rings. The Morgan fingerprint density at radius 2 is 2.13 bits per heavy atom. The standard InChI is InChI=1S/C13H16BrN/c14-13-4-3-11-5-6-15(8-10-1-2-10)9-12(11)7-13/h3-4,7,10H,1-2,5-6,8-9H2. The average Bonchev–Trinajstić information content (AvgIpc) is 3.01. The third-order valence-electron chi connectivity index (χ3n) is 3.47. The lowest BCUT2D eigenvalue weighted by atomic mass is 10.00. The van der Waals surface area contributed by atoms with Gasteiger partial charge in [0.15, 0.2) is 0 Å². The maximum atomic E-state index is 3.55. The molecule has 0 bridgehead atoms. The molecule has 2 heteroatoms. The first-order valence-electron chi connectivity index (χ1n) is 5.81. The molecule has 2 aliphatic rings. The first-order chi connectivity index (χ1) is 7.31. The summed E-state index contributed by atoms with van der Waals surface area (Å²) in [6.45, 7) is 3.74. The minimum Gasteiger partial charge on any atom is -0.298 e. The van der Waals surface area contributed by atoms with Crippen LogP contribution < -0.4 is 0 Å². The fraction of sp³-hybridized carbons (Fsp3) is 0.538. The van der Waals surface area contributed by atoms with Crippen LogP contribution in [0.1, 0.15) is 24.0 Å². The van der Waals surface area contributed by atoms with Crippen LogP contribution in [0.3, 0.4) is 0 Å². The third-order valence-corrected chi connectivity index (χ3v) is 3.97. The Hall–Kier alpha value is -0.340. The molecule has 0 atom stereocenters. The van der Waals surface area contributed by atoms with Gasteiger partial charge in [-0.3, -0.25) is 4.90 Å². The van der Waals surface area contributed by atoms with Crippen molar-refractivity contribution in [1.29, 1.82) is 0 Å². The van der Waals surface area contributed by atoms with E-state index in [1.165, 1.54) is 42.4 Å². The molecular formula is C13H16BrN. The molecule has 80 valence electrons. The highest BCUT2D eigenvalue weighted by atomic mass is 79.9. The Morgan fingerprint density at radius 1 is 1.27 bits per heavy atom. The van der Waals surface area contributed by atoms with Crippen molar-refractivity contribution >= 4 is 15.9 Å². The van der Waals surface area contributed by atoms with E-state index < -0.39 is 0 Å². The van der Waals surface area contributed by atoms with Gasteiger partial charge >= 0.3 is 0 Å². The molecule has 1 aromatic carbocycles. The number of benzene rings is 1. The maximum Gasteiger partial charge on any atom is 0.0237 e. The van der Waals surface area contributed by atoms with Crippen molar-refractivity contribution in [1.82, 2.24) is 4.90 Å².